The molecule has 0 saturated heterocycles. The minimum absolute atomic E-state index is 0.00458. The first kappa shape index (κ1) is 33.1. The number of benzene rings is 8. The predicted molar refractivity (Wildman–Crippen MR) is 238 cm³/mol. The average molecular weight is 737 g/mol. The Morgan fingerprint density at radius 1 is 0.482 bits per heavy atom. The van der Waals surface area contributed by atoms with Crippen LogP contribution in [0.3, 0.4) is 0 Å². The lowest BCUT2D eigenvalue weighted by Gasteiger charge is -2.33. The lowest BCUT2D eigenvalue weighted by atomic mass is 9.81. The molecule has 0 bridgehead atoms. The average Bonchev–Trinajstić information content (AvgIpc) is 3.74. The fraction of sp³-hybridized carbons (Fsp3) is 0.0943. The van der Waals surface area contributed by atoms with Crippen LogP contribution in [0.15, 0.2) is 182 Å². The van der Waals surface area contributed by atoms with E-state index in [1.165, 1.54) is 92.1 Å². The predicted octanol–water partition coefficient (Wildman–Crippen LogP) is 13.8. The highest BCUT2D eigenvalue weighted by molar-refractivity contribution is 7.25. The van der Waals surface area contributed by atoms with Gasteiger partial charge in [0, 0.05) is 31.3 Å². The standard InChI is InChI=1S/C53H40N2S/c1-53(2)45-23-12-22-41(51(45)44-29-35-15-6-7-16-36(35)30-46(44)53)38-18-11-20-40(28-38)48-32-47(54-52(55-48)33-13-4-3-5-14-33)39-19-10-17-34(27-39)37-25-26-43-42-21-8-9-24-49(42)56-50(43)31-37/h3-32,47,52,54-55H,1-2H3. The maximum absolute atomic E-state index is 3.94. The summed E-state index contributed by atoms with van der Waals surface area (Å²) in [5.74, 6) is 0. The van der Waals surface area contributed by atoms with Crippen LogP contribution < -0.4 is 10.6 Å². The van der Waals surface area contributed by atoms with E-state index >= 15 is 0 Å². The maximum Gasteiger partial charge on any atom is 0.104 e. The van der Waals surface area contributed by atoms with E-state index in [0.29, 0.717) is 0 Å². The molecule has 2 nitrogen and oxygen atoms in total. The van der Waals surface area contributed by atoms with Gasteiger partial charge in [-0.05, 0) is 114 Å². The Labute approximate surface area is 331 Å². The topological polar surface area (TPSA) is 24.1 Å². The molecule has 0 fully saturated rings. The van der Waals surface area contributed by atoms with Gasteiger partial charge in [0.15, 0.2) is 0 Å². The minimum Gasteiger partial charge on any atom is -0.366 e. The number of nitrogens with one attached hydrogen (secondary N) is 2. The molecule has 2 unspecified atom stereocenters. The van der Waals surface area contributed by atoms with Crippen molar-refractivity contribution in [2.75, 3.05) is 0 Å². The summed E-state index contributed by atoms with van der Waals surface area (Å²) in [5.41, 5.74) is 15.1. The first-order valence-corrected chi connectivity index (χ1v) is 20.4. The van der Waals surface area contributed by atoms with Crippen LogP contribution in [0.4, 0.5) is 0 Å². The van der Waals surface area contributed by atoms with Gasteiger partial charge >= 0.3 is 0 Å². The van der Waals surface area contributed by atoms with Gasteiger partial charge in [0.1, 0.15) is 6.17 Å². The molecule has 0 amide bonds. The van der Waals surface area contributed by atoms with Crippen LogP contribution in [-0.4, -0.2) is 0 Å². The van der Waals surface area contributed by atoms with Crippen molar-refractivity contribution >= 4 is 48.0 Å². The molecule has 2 N–H and O–H groups in total. The lowest BCUT2D eigenvalue weighted by Crippen LogP contribution is -2.39. The third-order valence-electron chi connectivity index (χ3n) is 12.1. The largest absolute Gasteiger partial charge is 0.366 e. The van der Waals surface area contributed by atoms with Crippen molar-refractivity contribution in [3.05, 3.63) is 210 Å². The van der Waals surface area contributed by atoms with Gasteiger partial charge in [0.05, 0.1) is 6.04 Å². The van der Waals surface area contributed by atoms with E-state index in [9.17, 15) is 0 Å². The van der Waals surface area contributed by atoms with Crippen LogP contribution in [-0.2, 0) is 5.41 Å². The van der Waals surface area contributed by atoms with Crippen molar-refractivity contribution in [3.8, 4) is 33.4 Å². The van der Waals surface area contributed by atoms with E-state index < -0.39 is 0 Å². The molecule has 2 aliphatic rings. The first-order valence-electron chi connectivity index (χ1n) is 19.6. The van der Waals surface area contributed by atoms with Crippen LogP contribution in [0.2, 0.25) is 0 Å². The molecule has 3 heteroatoms. The molecule has 0 radical (unpaired) electrons. The normalized spacial score (nSPS) is 17.1. The zero-order valence-corrected chi connectivity index (χ0v) is 32.2. The number of thiophene rings is 1. The third-order valence-corrected chi connectivity index (χ3v) is 13.3. The molecule has 1 aliphatic carbocycles. The number of hydrogen-bond acceptors (Lipinski definition) is 3. The van der Waals surface area contributed by atoms with Gasteiger partial charge in [-0.25, -0.2) is 0 Å². The summed E-state index contributed by atoms with van der Waals surface area (Å²) in [7, 11) is 0. The molecule has 9 aromatic rings. The molecule has 8 aromatic carbocycles. The molecule has 2 heterocycles. The second-order valence-electron chi connectivity index (χ2n) is 15.8. The fourth-order valence-electron chi connectivity index (χ4n) is 9.22. The highest BCUT2D eigenvalue weighted by Gasteiger charge is 2.37. The number of fused-ring (bicyclic) bond motifs is 7. The quantitative estimate of drug-likeness (QED) is 0.184. The van der Waals surface area contributed by atoms with E-state index in [1.807, 2.05) is 11.3 Å². The summed E-state index contributed by atoms with van der Waals surface area (Å²) in [6, 6.07) is 65.0. The number of rotatable bonds is 5. The molecule has 1 aliphatic heterocycles. The lowest BCUT2D eigenvalue weighted by molar-refractivity contribution is 0.443. The molecule has 2 atom stereocenters. The van der Waals surface area contributed by atoms with E-state index in [4.69, 9.17) is 0 Å². The summed E-state index contributed by atoms with van der Waals surface area (Å²) in [6.45, 7) is 4.75. The van der Waals surface area contributed by atoms with Crippen molar-refractivity contribution in [1.29, 1.82) is 0 Å². The van der Waals surface area contributed by atoms with Gasteiger partial charge in [-0.1, -0.05) is 153 Å². The Balaban J connectivity index is 0.997. The molecular weight excluding hydrogens is 697 g/mol. The second-order valence-corrected chi connectivity index (χ2v) is 16.9. The second kappa shape index (κ2) is 12.9. The van der Waals surface area contributed by atoms with E-state index in [2.05, 4.69) is 206 Å². The molecule has 56 heavy (non-hydrogen) atoms. The van der Waals surface area contributed by atoms with Crippen molar-refractivity contribution < 1.29 is 0 Å². The van der Waals surface area contributed by atoms with Gasteiger partial charge in [0.25, 0.3) is 0 Å². The molecule has 11 rings (SSSR count). The molecule has 268 valence electrons. The van der Waals surface area contributed by atoms with Crippen LogP contribution >= 0.6 is 11.3 Å². The Kier molecular flexibility index (Phi) is 7.64. The Morgan fingerprint density at radius 2 is 1.18 bits per heavy atom. The molecule has 1 aromatic heterocycles. The van der Waals surface area contributed by atoms with Crippen LogP contribution in [0.5, 0.6) is 0 Å². The van der Waals surface area contributed by atoms with E-state index in [1.54, 1.807) is 0 Å². The Hall–Kier alpha value is -6.26. The van der Waals surface area contributed by atoms with E-state index in [-0.39, 0.29) is 17.6 Å². The zero-order valence-electron chi connectivity index (χ0n) is 31.4. The highest BCUT2D eigenvalue weighted by atomic mass is 32.1. The summed E-state index contributed by atoms with van der Waals surface area (Å²) in [4.78, 5) is 0. The van der Waals surface area contributed by atoms with Gasteiger partial charge in [0.2, 0.25) is 0 Å². The van der Waals surface area contributed by atoms with Crippen molar-refractivity contribution in [1.82, 2.24) is 10.6 Å². The first-order chi connectivity index (χ1) is 27.5. The van der Waals surface area contributed by atoms with Gasteiger partial charge in [-0.15, -0.1) is 11.3 Å². The highest BCUT2D eigenvalue weighted by Crippen LogP contribution is 2.53. The molecule has 0 saturated carbocycles. The van der Waals surface area contributed by atoms with Crippen LogP contribution in [0.1, 0.15) is 53.9 Å². The number of hydrogen-bond donors (Lipinski definition) is 2. The summed E-state index contributed by atoms with van der Waals surface area (Å²) in [6.07, 6.45) is 2.30. The van der Waals surface area contributed by atoms with E-state index in [0.717, 1.165) is 5.70 Å². The fourth-order valence-corrected chi connectivity index (χ4v) is 10.4. The molecular formula is C53H40N2S. The van der Waals surface area contributed by atoms with Gasteiger partial charge < -0.3 is 5.32 Å². The Morgan fingerprint density at radius 3 is 2.07 bits per heavy atom. The monoisotopic (exact) mass is 736 g/mol. The van der Waals surface area contributed by atoms with Crippen molar-refractivity contribution in [3.63, 3.8) is 0 Å². The maximum atomic E-state index is 3.94. The molecule has 0 spiro atoms. The van der Waals surface area contributed by atoms with Crippen LogP contribution in [0.25, 0.3) is 70.0 Å². The summed E-state index contributed by atoms with van der Waals surface area (Å²) < 4.78 is 2.66. The zero-order chi connectivity index (χ0) is 37.4. The SMILES string of the molecule is CC1(C)c2cc3ccccc3cc2-c2c(-c3cccc(C4=CC(c5cccc(-c6ccc7c(c6)sc6ccccc67)c5)NC(c5ccccc5)N4)c3)cccc21. The van der Waals surface area contributed by atoms with Crippen molar-refractivity contribution in [2.45, 2.75) is 31.5 Å². The Bertz CT molecular complexity index is 3020. The third kappa shape index (κ3) is 5.42. The summed E-state index contributed by atoms with van der Waals surface area (Å²) >= 11 is 1.87. The van der Waals surface area contributed by atoms with Crippen molar-refractivity contribution in [2.24, 2.45) is 0 Å². The summed E-state index contributed by atoms with van der Waals surface area (Å²) in [5, 5.41) is 13.1. The van der Waals surface area contributed by atoms with Gasteiger partial charge in [-0.3, -0.25) is 5.32 Å². The van der Waals surface area contributed by atoms with Gasteiger partial charge in [-0.2, -0.15) is 0 Å². The minimum atomic E-state index is -0.0876. The van der Waals surface area contributed by atoms with Crippen LogP contribution in [0, 0.1) is 0 Å². The smallest absolute Gasteiger partial charge is 0.104 e.